The molecule has 1 aliphatic carbocycles. The van der Waals surface area contributed by atoms with Gasteiger partial charge in [0.05, 0.1) is 17.8 Å². The molecule has 35 heavy (non-hydrogen) atoms. The average molecular weight is 484 g/mol. The zero-order valence-corrected chi connectivity index (χ0v) is 18.8. The number of nitriles is 1. The fraction of sp³-hybridized carbons (Fsp3) is 0.320. The molecule has 1 saturated carbocycles. The summed E-state index contributed by atoms with van der Waals surface area (Å²) in [4.78, 5) is 11.4. The van der Waals surface area contributed by atoms with E-state index in [0.29, 0.717) is 22.2 Å². The minimum absolute atomic E-state index is 0.0204. The predicted octanol–water partition coefficient (Wildman–Crippen LogP) is 5.79. The van der Waals surface area contributed by atoms with Crippen molar-refractivity contribution in [2.45, 2.75) is 50.1 Å². The number of nitrogens with one attached hydrogen (secondary N) is 1. The first kappa shape index (κ1) is 22.9. The number of carboxylic acid groups (broad SMARTS) is 1. The Labute approximate surface area is 196 Å². The van der Waals surface area contributed by atoms with Gasteiger partial charge in [-0.25, -0.2) is 22.4 Å². The molecule has 0 radical (unpaired) electrons. The third kappa shape index (κ3) is 3.29. The van der Waals surface area contributed by atoms with E-state index in [-0.39, 0.29) is 35.9 Å². The second kappa shape index (κ2) is 7.57. The summed E-state index contributed by atoms with van der Waals surface area (Å²) >= 11 is 0. The number of benzene rings is 2. The van der Waals surface area contributed by atoms with Gasteiger partial charge in [-0.3, -0.25) is 5.10 Å². The van der Waals surface area contributed by atoms with Crippen molar-refractivity contribution in [1.29, 1.82) is 5.26 Å². The average Bonchev–Trinajstić information content (AvgIpc) is 3.37. The molecule has 0 bridgehead atoms. The molecule has 0 saturated heterocycles. The highest BCUT2D eigenvalue weighted by Gasteiger charge is 2.54. The van der Waals surface area contributed by atoms with Gasteiger partial charge in [0.25, 0.3) is 0 Å². The lowest BCUT2D eigenvalue weighted by molar-refractivity contribution is -0.158. The molecule has 180 valence electrons. The van der Waals surface area contributed by atoms with Crippen LogP contribution in [0.3, 0.4) is 0 Å². The SMILES string of the molecule is CC(C)(CC#N)c1c(C2CC(F)(C(=O)O)C2)c2c(F)c3[nH]ncc3cc2n1-c1ccc(F)c(F)c1. The molecule has 2 aromatic heterocycles. The van der Waals surface area contributed by atoms with Crippen molar-refractivity contribution in [3.63, 3.8) is 0 Å². The molecule has 2 aromatic carbocycles. The smallest absolute Gasteiger partial charge is 0.341 e. The molecule has 4 aromatic rings. The molecule has 1 aliphatic rings. The maximum Gasteiger partial charge on any atom is 0.341 e. The van der Waals surface area contributed by atoms with E-state index in [4.69, 9.17) is 0 Å². The number of carboxylic acids is 1. The van der Waals surface area contributed by atoms with E-state index in [0.717, 1.165) is 12.1 Å². The molecule has 6 nitrogen and oxygen atoms in total. The summed E-state index contributed by atoms with van der Waals surface area (Å²) in [7, 11) is 0. The number of hydrogen-bond donors (Lipinski definition) is 2. The third-order valence-corrected chi connectivity index (χ3v) is 6.90. The summed E-state index contributed by atoms with van der Waals surface area (Å²) < 4.78 is 60.4. The maximum absolute atomic E-state index is 16.0. The van der Waals surface area contributed by atoms with Crippen LogP contribution in [0.25, 0.3) is 27.5 Å². The number of alkyl halides is 1. The van der Waals surface area contributed by atoms with E-state index in [2.05, 4.69) is 16.3 Å². The van der Waals surface area contributed by atoms with E-state index < -0.39 is 40.4 Å². The van der Waals surface area contributed by atoms with Crippen LogP contribution in [-0.4, -0.2) is 31.5 Å². The normalized spacial score (nSPS) is 20.2. The molecule has 0 amide bonds. The number of halogens is 4. The summed E-state index contributed by atoms with van der Waals surface area (Å²) in [5.41, 5.74) is -2.03. The van der Waals surface area contributed by atoms with E-state index in [1.54, 1.807) is 24.5 Å². The van der Waals surface area contributed by atoms with Crippen LogP contribution in [0.4, 0.5) is 17.6 Å². The Morgan fingerprint density at radius 1 is 1.29 bits per heavy atom. The van der Waals surface area contributed by atoms with E-state index in [9.17, 15) is 28.3 Å². The molecule has 0 aliphatic heterocycles. The van der Waals surface area contributed by atoms with E-state index in [1.807, 2.05) is 0 Å². The number of aromatic nitrogens is 3. The second-order valence-corrected chi connectivity index (χ2v) is 9.71. The van der Waals surface area contributed by atoms with Crippen molar-refractivity contribution in [3.8, 4) is 11.8 Å². The molecule has 10 heteroatoms. The van der Waals surface area contributed by atoms with Crippen molar-refractivity contribution in [2.75, 3.05) is 0 Å². The summed E-state index contributed by atoms with van der Waals surface area (Å²) in [6.07, 6.45) is 0.638. The molecule has 0 spiro atoms. The summed E-state index contributed by atoms with van der Waals surface area (Å²) in [6.45, 7) is 3.49. The Kier molecular flexibility index (Phi) is 4.95. The van der Waals surface area contributed by atoms with Crippen LogP contribution < -0.4 is 0 Å². The van der Waals surface area contributed by atoms with Gasteiger partial charge in [0.1, 0.15) is 5.52 Å². The fourth-order valence-electron chi connectivity index (χ4n) is 5.17. The highest BCUT2D eigenvalue weighted by molar-refractivity contribution is 6.00. The number of hydrogen-bond acceptors (Lipinski definition) is 3. The Morgan fingerprint density at radius 3 is 2.63 bits per heavy atom. The minimum Gasteiger partial charge on any atom is -0.479 e. The number of rotatable bonds is 5. The van der Waals surface area contributed by atoms with Gasteiger partial charge in [-0.1, -0.05) is 13.8 Å². The molecular weight excluding hydrogens is 464 g/mol. The van der Waals surface area contributed by atoms with Gasteiger partial charge in [0, 0.05) is 40.1 Å². The number of fused-ring (bicyclic) bond motifs is 2. The topological polar surface area (TPSA) is 94.7 Å². The quantitative estimate of drug-likeness (QED) is 0.351. The van der Waals surface area contributed by atoms with Gasteiger partial charge >= 0.3 is 5.97 Å². The number of aromatic amines is 1. The lowest BCUT2D eigenvalue weighted by Gasteiger charge is -2.40. The molecule has 0 atom stereocenters. The first-order valence-corrected chi connectivity index (χ1v) is 10.9. The monoisotopic (exact) mass is 484 g/mol. The van der Waals surface area contributed by atoms with Crippen LogP contribution in [0, 0.1) is 28.8 Å². The van der Waals surface area contributed by atoms with E-state index in [1.165, 1.54) is 12.3 Å². The maximum atomic E-state index is 16.0. The van der Waals surface area contributed by atoms with Crippen LogP contribution in [0.1, 0.15) is 50.3 Å². The van der Waals surface area contributed by atoms with Gasteiger partial charge in [-0.05, 0) is 42.5 Å². The van der Waals surface area contributed by atoms with Crippen LogP contribution >= 0.6 is 0 Å². The summed E-state index contributed by atoms with van der Waals surface area (Å²) in [6, 6.07) is 6.99. The number of carbonyl (C=O) groups is 1. The first-order chi connectivity index (χ1) is 16.5. The first-order valence-electron chi connectivity index (χ1n) is 10.9. The van der Waals surface area contributed by atoms with Gasteiger partial charge in [-0.2, -0.15) is 10.4 Å². The standard InChI is InChI=1S/C25H20F4N4O2/c1-24(2,5-6-30)22-18(13-9-25(29,10-13)23(34)35)19-17(7-12-11-31-32-21(12)20(19)28)33(22)14-3-4-15(26)16(27)8-14/h3-4,7-8,11,13H,5,9-10H2,1-2H3,(H,31,32)(H,34,35). The molecule has 1 fully saturated rings. The fourth-order valence-corrected chi connectivity index (χ4v) is 5.17. The van der Waals surface area contributed by atoms with Gasteiger partial charge in [0.15, 0.2) is 17.5 Å². The highest BCUT2D eigenvalue weighted by atomic mass is 19.2. The largest absolute Gasteiger partial charge is 0.479 e. The van der Waals surface area contributed by atoms with Crippen molar-refractivity contribution in [3.05, 3.63) is 59.2 Å². The van der Waals surface area contributed by atoms with E-state index >= 15 is 4.39 Å². The van der Waals surface area contributed by atoms with Gasteiger partial charge in [-0.15, -0.1) is 0 Å². The molecule has 5 rings (SSSR count). The molecular formula is C25H20F4N4O2. The lowest BCUT2D eigenvalue weighted by Crippen LogP contribution is -2.46. The van der Waals surface area contributed by atoms with Crippen LogP contribution in [0.5, 0.6) is 0 Å². The van der Waals surface area contributed by atoms with Crippen LogP contribution in [0.2, 0.25) is 0 Å². The Balaban J connectivity index is 1.92. The highest BCUT2D eigenvalue weighted by Crippen LogP contribution is 2.54. The van der Waals surface area contributed by atoms with Gasteiger partial charge in [0.2, 0.25) is 5.67 Å². The lowest BCUT2D eigenvalue weighted by atomic mass is 9.66. The summed E-state index contributed by atoms with van der Waals surface area (Å²) in [5.74, 6) is -5.11. The van der Waals surface area contributed by atoms with Crippen molar-refractivity contribution < 1.29 is 27.5 Å². The predicted molar refractivity (Wildman–Crippen MR) is 120 cm³/mol. The second-order valence-electron chi connectivity index (χ2n) is 9.71. The van der Waals surface area contributed by atoms with Crippen LogP contribution in [0.15, 0.2) is 30.5 Å². The Hall–Kier alpha value is -3.87. The Bertz CT molecular complexity index is 1560. The van der Waals surface area contributed by atoms with Gasteiger partial charge < -0.3 is 9.67 Å². The molecule has 2 heterocycles. The van der Waals surface area contributed by atoms with Crippen molar-refractivity contribution in [2.24, 2.45) is 0 Å². The minimum atomic E-state index is -2.45. The third-order valence-electron chi connectivity index (χ3n) is 6.90. The number of H-pyrrole nitrogens is 1. The molecule has 0 unspecified atom stereocenters. The van der Waals surface area contributed by atoms with Crippen molar-refractivity contribution >= 4 is 27.8 Å². The zero-order valence-electron chi connectivity index (χ0n) is 18.8. The number of aliphatic carboxylic acids is 1. The summed E-state index contributed by atoms with van der Waals surface area (Å²) in [5, 5.41) is 25.8. The van der Waals surface area contributed by atoms with Crippen molar-refractivity contribution in [1.82, 2.24) is 14.8 Å². The molecule has 2 N–H and O–H groups in total. The Morgan fingerprint density at radius 2 is 2.00 bits per heavy atom. The number of nitrogens with zero attached hydrogens (tertiary/aromatic N) is 3. The zero-order chi connectivity index (χ0) is 25.3. The van der Waals surface area contributed by atoms with Crippen LogP contribution in [-0.2, 0) is 10.2 Å².